The fourth-order valence-electron chi connectivity index (χ4n) is 2.87. The van der Waals surface area contributed by atoms with Gasteiger partial charge < -0.3 is 10.4 Å². The second kappa shape index (κ2) is 6.75. The monoisotopic (exact) mass is 308 g/mol. The number of carbonyl (C=O) groups is 1. The van der Waals surface area contributed by atoms with E-state index in [0.717, 1.165) is 24.2 Å². The standard InChI is InChI=1S/C19H20N2O2/c1-13-2-7-17(19(22)23)18(10-13)21-11-14-3-5-15(6-4-14)16-8-9-20-12-16/h2-7,10-11,16,20H,8-9,12H2,1H3,(H,22,23). The number of hydrogen-bond acceptors (Lipinski definition) is 3. The summed E-state index contributed by atoms with van der Waals surface area (Å²) in [5.41, 5.74) is 4.01. The van der Waals surface area contributed by atoms with Crippen LogP contribution in [0, 0.1) is 6.92 Å². The molecule has 1 aliphatic rings. The van der Waals surface area contributed by atoms with Gasteiger partial charge in [0.25, 0.3) is 0 Å². The van der Waals surface area contributed by atoms with E-state index >= 15 is 0 Å². The summed E-state index contributed by atoms with van der Waals surface area (Å²) in [4.78, 5) is 15.6. The van der Waals surface area contributed by atoms with E-state index in [2.05, 4.69) is 22.4 Å². The van der Waals surface area contributed by atoms with Crippen LogP contribution in [-0.2, 0) is 0 Å². The lowest BCUT2D eigenvalue weighted by Gasteiger charge is -2.08. The molecule has 23 heavy (non-hydrogen) atoms. The van der Waals surface area contributed by atoms with Crippen LogP contribution in [0.2, 0.25) is 0 Å². The van der Waals surface area contributed by atoms with Crippen molar-refractivity contribution in [3.8, 4) is 0 Å². The van der Waals surface area contributed by atoms with Gasteiger partial charge in [0.05, 0.1) is 11.3 Å². The summed E-state index contributed by atoms with van der Waals surface area (Å²) in [5.74, 6) is -0.363. The zero-order valence-electron chi connectivity index (χ0n) is 13.1. The largest absolute Gasteiger partial charge is 0.478 e. The third kappa shape index (κ3) is 3.66. The van der Waals surface area contributed by atoms with Gasteiger partial charge in [-0.25, -0.2) is 4.79 Å². The Morgan fingerprint density at radius 1 is 1.26 bits per heavy atom. The molecule has 0 spiro atoms. The maximum Gasteiger partial charge on any atom is 0.337 e. The first kappa shape index (κ1) is 15.4. The Kier molecular flexibility index (Phi) is 4.53. The average Bonchev–Trinajstić information content (AvgIpc) is 3.07. The minimum absolute atomic E-state index is 0.223. The summed E-state index contributed by atoms with van der Waals surface area (Å²) in [6, 6.07) is 13.5. The molecule has 0 amide bonds. The summed E-state index contributed by atoms with van der Waals surface area (Å²) in [7, 11) is 0. The topological polar surface area (TPSA) is 61.7 Å². The van der Waals surface area contributed by atoms with Crippen LogP contribution in [0.15, 0.2) is 47.5 Å². The van der Waals surface area contributed by atoms with Crippen molar-refractivity contribution >= 4 is 17.9 Å². The van der Waals surface area contributed by atoms with Gasteiger partial charge in [0.2, 0.25) is 0 Å². The van der Waals surface area contributed by atoms with E-state index < -0.39 is 5.97 Å². The van der Waals surface area contributed by atoms with Gasteiger partial charge in [0, 0.05) is 12.8 Å². The van der Waals surface area contributed by atoms with E-state index in [0.29, 0.717) is 11.6 Å². The molecule has 1 unspecified atom stereocenters. The van der Waals surface area contributed by atoms with Gasteiger partial charge in [0.15, 0.2) is 0 Å². The first-order chi connectivity index (χ1) is 11.1. The molecule has 0 aromatic heterocycles. The molecular formula is C19H20N2O2. The van der Waals surface area contributed by atoms with E-state index in [4.69, 9.17) is 0 Å². The zero-order valence-corrected chi connectivity index (χ0v) is 13.1. The SMILES string of the molecule is Cc1ccc(C(=O)O)c(N=Cc2ccc(C3CCNC3)cc2)c1. The summed E-state index contributed by atoms with van der Waals surface area (Å²) >= 11 is 0. The molecule has 3 rings (SSSR count). The van der Waals surface area contributed by atoms with Crippen molar-refractivity contribution in [3.05, 3.63) is 64.7 Å². The number of aliphatic imine (C=N–C) groups is 1. The summed E-state index contributed by atoms with van der Waals surface area (Å²) < 4.78 is 0. The minimum Gasteiger partial charge on any atom is -0.478 e. The van der Waals surface area contributed by atoms with Crippen molar-refractivity contribution in [1.82, 2.24) is 5.32 Å². The molecule has 2 aromatic rings. The maximum atomic E-state index is 11.3. The molecule has 1 aliphatic heterocycles. The Bertz CT molecular complexity index is 730. The number of aromatic carboxylic acids is 1. The van der Waals surface area contributed by atoms with Crippen molar-refractivity contribution in [3.63, 3.8) is 0 Å². The second-order valence-corrected chi connectivity index (χ2v) is 5.94. The Hall–Kier alpha value is -2.46. The van der Waals surface area contributed by atoms with Gasteiger partial charge in [-0.1, -0.05) is 30.3 Å². The molecule has 1 fully saturated rings. The summed E-state index contributed by atoms with van der Waals surface area (Å²) in [6.45, 7) is 4.05. The van der Waals surface area contributed by atoms with Crippen molar-refractivity contribution in [2.75, 3.05) is 13.1 Å². The highest BCUT2D eigenvalue weighted by atomic mass is 16.4. The number of nitrogens with one attached hydrogen (secondary N) is 1. The van der Waals surface area contributed by atoms with Crippen LogP contribution in [0.1, 0.15) is 39.4 Å². The van der Waals surface area contributed by atoms with Crippen LogP contribution >= 0.6 is 0 Å². The third-order valence-electron chi connectivity index (χ3n) is 4.20. The van der Waals surface area contributed by atoms with E-state index in [9.17, 15) is 9.90 Å². The summed E-state index contributed by atoms with van der Waals surface area (Å²) in [6.07, 6.45) is 2.90. The number of hydrogen-bond donors (Lipinski definition) is 2. The summed E-state index contributed by atoms with van der Waals surface area (Å²) in [5, 5.41) is 12.6. The van der Waals surface area contributed by atoms with Crippen LogP contribution in [0.5, 0.6) is 0 Å². The lowest BCUT2D eigenvalue weighted by Crippen LogP contribution is -2.07. The second-order valence-electron chi connectivity index (χ2n) is 5.94. The lowest BCUT2D eigenvalue weighted by molar-refractivity contribution is 0.0698. The molecule has 1 atom stereocenters. The highest BCUT2D eigenvalue weighted by molar-refractivity contribution is 5.95. The van der Waals surface area contributed by atoms with Crippen LogP contribution in [-0.4, -0.2) is 30.4 Å². The molecule has 1 saturated heterocycles. The maximum absolute atomic E-state index is 11.3. The van der Waals surface area contributed by atoms with Crippen molar-refractivity contribution in [2.45, 2.75) is 19.3 Å². The fraction of sp³-hybridized carbons (Fsp3) is 0.263. The smallest absolute Gasteiger partial charge is 0.337 e. The van der Waals surface area contributed by atoms with Crippen molar-refractivity contribution in [1.29, 1.82) is 0 Å². The Morgan fingerprint density at radius 3 is 2.70 bits per heavy atom. The molecule has 118 valence electrons. The Balaban J connectivity index is 1.80. The number of carboxylic acids is 1. The molecule has 4 heteroatoms. The van der Waals surface area contributed by atoms with Gasteiger partial charge in [-0.2, -0.15) is 0 Å². The Labute approximate surface area is 135 Å². The predicted molar refractivity (Wildman–Crippen MR) is 92.1 cm³/mol. The molecule has 0 saturated carbocycles. The number of rotatable bonds is 4. The quantitative estimate of drug-likeness (QED) is 0.850. The average molecular weight is 308 g/mol. The fourth-order valence-corrected chi connectivity index (χ4v) is 2.87. The third-order valence-corrected chi connectivity index (χ3v) is 4.20. The molecule has 0 bridgehead atoms. The van der Waals surface area contributed by atoms with Crippen molar-refractivity contribution < 1.29 is 9.90 Å². The first-order valence-corrected chi connectivity index (χ1v) is 7.82. The number of benzene rings is 2. The Morgan fingerprint density at radius 2 is 2.04 bits per heavy atom. The van der Waals surface area contributed by atoms with Crippen LogP contribution < -0.4 is 5.32 Å². The van der Waals surface area contributed by atoms with Gasteiger partial charge in [0.1, 0.15) is 0 Å². The molecule has 0 aliphatic carbocycles. The predicted octanol–water partition coefficient (Wildman–Crippen LogP) is 3.52. The first-order valence-electron chi connectivity index (χ1n) is 7.82. The molecular weight excluding hydrogens is 288 g/mol. The molecule has 4 nitrogen and oxygen atoms in total. The van der Waals surface area contributed by atoms with Gasteiger partial charge in [-0.15, -0.1) is 0 Å². The number of nitrogens with zero attached hydrogens (tertiary/aromatic N) is 1. The zero-order chi connectivity index (χ0) is 16.2. The number of carboxylic acid groups (broad SMARTS) is 1. The van der Waals surface area contributed by atoms with E-state index in [1.807, 2.05) is 19.1 Å². The molecule has 2 N–H and O–H groups in total. The van der Waals surface area contributed by atoms with Gasteiger partial charge in [-0.05, 0) is 54.6 Å². The van der Waals surface area contributed by atoms with Crippen molar-refractivity contribution in [2.24, 2.45) is 4.99 Å². The van der Waals surface area contributed by atoms with Gasteiger partial charge in [-0.3, -0.25) is 4.99 Å². The molecule has 2 aromatic carbocycles. The highest BCUT2D eigenvalue weighted by Crippen LogP contribution is 2.23. The molecule has 0 radical (unpaired) electrons. The lowest BCUT2D eigenvalue weighted by atomic mass is 9.97. The van der Waals surface area contributed by atoms with Crippen LogP contribution in [0.3, 0.4) is 0 Å². The van der Waals surface area contributed by atoms with Crippen LogP contribution in [0.4, 0.5) is 5.69 Å². The normalized spacial score (nSPS) is 17.7. The van der Waals surface area contributed by atoms with Gasteiger partial charge >= 0.3 is 5.97 Å². The van der Waals surface area contributed by atoms with Crippen LogP contribution in [0.25, 0.3) is 0 Å². The van der Waals surface area contributed by atoms with E-state index in [1.54, 1.807) is 24.4 Å². The minimum atomic E-state index is -0.957. The molecule has 1 heterocycles. The highest BCUT2D eigenvalue weighted by Gasteiger charge is 2.15. The van der Waals surface area contributed by atoms with E-state index in [1.165, 1.54) is 12.0 Å². The number of aryl methyl sites for hydroxylation is 1. The van der Waals surface area contributed by atoms with E-state index in [-0.39, 0.29) is 5.56 Å².